The molecule has 1 fully saturated rings. The molecule has 5 nitrogen and oxygen atoms in total. The van der Waals surface area contributed by atoms with Gasteiger partial charge in [-0.3, -0.25) is 0 Å². The molecular weight excluding hydrogens is 354 g/mol. The first-order valence-electron chi connectivity index (χ1n) is 8.63. The Bertz CT molecular complexity index is 653. The summed E-state index contributed by atoms with van der Waals surface area (Å²) in [5.74, 6) is 2.12. The maximum atomic E-state index is 6.21. The third kappa shape index (κ3) is 4.39. The van der Waals surface area contributed by atoms with Crippen LogP contribution >= 0.6 is 23.5 Å². The Labute approximate surface area is 157 Å². The third-order valence-corrected chi connectivity index (χ3v) is 6.91. The van der Waals surface area contributed by atoms with E-state index in [4.69, 9.17) is 9.47 Å². The minimum absolute atomic E-state index is 0.0734. The second-order valence-electron chi connectivity index (χ2n) is 5.81. The van der Waals surface area contributed by atoms with Gasteiger partial charge in [0, 0.05) is 17.9 Å². The van der Waals surface area contributed by atoms with Crippen molar-refractivity contribution in [1.29, 1.82) is 0 Å². The molecule has 0 radical (unpaired) electrons. The molecule has 1 aliphatic heterocycles. The summed E-state index contributed by atoms with van der Waals surface area (Å²) in [6, 6.07) is 10.1. The van der Waals surface area contributed by atoms with E-state index in [1.807, 2.05) is 64.7 Å². The number of thioether (sulfide) groups is 2. The van der Waals surface area contributed by atoms with Crippen LogP contribution in [-0.2, 0) is 16.0 Å². The van der Waals surface area contributed by atoms with Crippen molar-refractivity contribution in [2.24, 2.45) is 0 Å². The first kappa shape index (κ1) is 18.8. The van der Waals surface area contributed by atoms with E-state index in [9.17, 15) is 0 Å². The molecule has 1 aliphatic rings. The van der Waals surface area contributed by atoms with Crippen molar-refractivity contribution in [1.82, 2.24) is 15.0 Å². The van der Waals surface area contributed by atoms with Gasteiger partial charge in [-0.1, -0.05) is 49.4 Å². The minimum Gasteiger partial charge on any atom is -0.355 e. The molecule has 7 heteroatoms. The summed E-state index contributed by atoms with van der Waals surface area (Å²) in [4.78, 5) is 0. The van der Waals surface area contributed by atoms with Crippen LogP contribution in [0, 0.1) is 0 Å². The lowest BCUT2D eigenvalue weighted by molar-refractivity contribution is -0.115. The predicted molar refractivity (Wildman–Crippen MR) is 105 cm³/mol. The fourth-order valence-electron chi connectivity index (χ4n) is 3.10. The second kappa shape index (κ2) is 9.07. The molecular formula is C18H25N3O2S2. The molecule has 1 aromatic carbocycles. The maximum Gasteiger partial charge on any atom is 0.170 e. The zero-order valence-electron chi connectivity index (χ0n) is 14.9. The molecule has 0 spiro atoms. The Morgan fingerprint density at radius 1 is 1.12 bits per heavy atom. The molecule has 0 amide bonds. The monoisotopic (exact) mass is 379 g/mol. The first-order valence-corrected chi connectivity index (χ1v) is 10.7. The highest BCUT2D eigenvalue weighted by atomic mass is 32.2. The maximum absolute atomic E-state index is 6.21. The van der Waals surface area contributed by atoms with Crippen molar-refractivity contribution in [2.45, 2.75) is 43.3 Å². The third-order valence-electron chi connectivity index (χ3n) is 4.19. The zero-order valence-corrected chi connectivity index (χ0v) is 16.5. The molecule has 2 heterocycles. The summed E-state index contributed by atoms with van der Waals surface area (Å²) in [5, 5.41) is 9.35. The van der Waals surface area contributed by atoms with Crippen LogP contribution in [0.25, 0.3) is 11.3 Å². The SMILES string of the molecule is CCS[C@H]1[C@H](OC)O[C@H](Cn2cc(-c3ccccc3)nn2)[C@H]1SCC. The molecule has 1 saturated heterocycles. The molecule has 0 aliphatic carbocycles. The van der Waals surface area contributed by atoms with Gasteiger partial charge in [0.25, 0.3) is 0 Å². The van der Waals surface area contributed by atoms with Crippen LogP contribution in [-0.4, -0.2) is 56.5 Å². The number of ether oxygens (including phenoxy) is 2. The Morgan fingerprint density at radius 3 is 2.52 bits per heavy atom. The number of hydrogen-bond donors (Lipinski definition) is 0. The van der Waals surface area contributed by atoms with E-state index in [0.29, 0.717) is 17.0 Å². The van der Waals surface area contributed by atoms with E-state index in [0.717, 1.165) is 22.8 Å². The summed E-state index contributed by atoms with van der Waals surface area (Å²) in [5.41, 5.74) is 1.97. The number of hydrogen-bond acceptors (Lipinski definition) is 6. The van der Waals surface area contributed by atoms with E-state index in [-0.39, 0.29) is 12.4 Å². The summed E-state index contributed by atoms with van der Waals surface area (Å²) < 4.78 is 13.7. The lowest BCUT2D eigenvalue weighted by Gasteiger charge is -2.21. The van der Waals surface area contributed by atoms with Crippen molar-refractivity contribution in [3.63, 3.8) is 0 Å². The molecule has 2 aromatic rings. The Morgan fingerprint density at radius 2 is 1.84 bits per heavy atom. The van der Waals surface area contributed by atoms with Crippen molar-refractivity contribution < 1.29 is 9.47 Å². The van der Waals surface area contributed by atoms with Crippen LogP contribution in [0.15, 0.2) is 36.5 Å². The normalized spacial score (nSPS) is 26.2. The van der Waals surface area contributed by atoms with E-state index < -0.39 is 0 Å². The number of methoxy groups -OCH3 is 1. The van der Waals surface area contributed by atoms with Gasteiger partial charge < -0.3 is 9.47 Å². The molecule has 25 heavy (non-hydrogen) atoms. The lowest BCUT2D eigenvalue weighted by Crippen LogP contribution is -2.31. The van der Waals surface area contributed by atoms with Crippen LogP contribution in [0.5, 0.6) is 0 Å². The van der Waals surface area contributed by atoms with E-state index in [2.05, 4.69) is 24.2 Å². The van der Waals surface area contributed by atoms with Crippen molar-refractivity contribution in [3.05, 3.63) is 36.5 Å². The zero-order chi connectivity index (χ0) is 17.6. The summed E-state index contributed by atoms with van der Waals surface area (Å²) in [6.45, 7) is 5.07. The van der Waals surface area contributed by atoms with Crippen LogP contribution in [0.4, 0.5) is 0 Å². The van der Waals surface area contributed by atoms with Gasteiger partial charge in [-0.15, -0.1) is 5.10 Å². The lowest BCUT2D eigenvalue weighted by atomic mass is 10.2. The number of rotatable bonds is 8. The fourth-order valence-corrected chi connectivity index (χ4v) is 5.73. The summed E-state index contributed by atoms with van der Waals surface area (Å²) >= 11 is 3.87. The summed E-state index contributed by atoms with van der Waals surface area (Å²) in [7, 11) is 1.73. The van der Waals surface area contributed by atoms with Crippen LogP contribution in [0.3, 0.4) is 0 Å². The van der Waals surface area contributed by atoms with E-state index in [1.54, 1.807) is 7.11 Å². The van der Waals surface area contributed by atoms with Gasteiger partial charge in [-0.2, -0.15) is 23.5 Å². The van der Waals surface area contributed by atoms with Gasteiger partial charge in [0.15, 0.2) is 6.29 Å². The molecule has 4 atom stereocenters. The Hall–Kier alpha value is -1.02. The van der Waals surface area contributed by atoms with Crippen LogP contribution in [0.1, 0.15) is 13.8 Å². The van der Waals surface area contributed by atoms with Crippen LogP contribution in [0.2, 0.25) is 0 Å². The van der Waals surface area contributed by atoms with Gasteiger partial charge in [-0.05, 0) is 11.5 Å². The van der Waals surface area contributed by atoms with Crippen molar-refractivity contribution in [3.8, 4) is 11.3 Å². The van der Waals surface area contributed by atoms with Crippen LogP contribution < -0.4 is 0 Å². The highest BCUT2D eigenvalue weighted by molar-refractivity contribution is 8.03. The average Bonchev–Trinajstić information content (AvgIpc) is 3.23. The average molecular weight is 380 g/mol. The van der Waals surface area contributed by atoms with Gasteiger partial charge in [0.1, 0.15) is 5.69 Å². The number of benzene rings is 1. The minimum atomic E-state index is -0.156. The predicted octanol–water partition coefficient (Wildman–Crippen LogP) is 3.56. The summed E-state index contributed by atoms with van der Waals surface area (Å²) in [6.07, 6.45) is 1.91. The molecule has 0 saturated carbocycles. The number of nitrogens with zero attached hydrogens (tertiary/aromatic N) is 3. The van der Waals surface area contributed by atoms with Gasteiger partial charge in [-0.25, -0.2) is 4.68 Å². The molecule has 0 bridgehead atoms. The van der Waals surface area contributed by atoms with E-state index in [1.165, 1.54) is 0 Å². The van der Waals surface area contributed by atoms with E-state index >= 15 is 0 Å². The van der Waals surface area contributed by atoms with Gasteiger partial charge in [0.2, 0.25) is 0 Å². The highest BCUT2D eigenvalue weighted by Crippen LogP contribution is 2.39. The van der Waals surface area contributed by atoms with Gasteiger partial charge >= 0.3 is 0 Å². The number of aromatic nitrogens is 3. The quantitative estimate of drug-likeness (QED) is 0.699. The van der Waals surface area contributed by atoms with Crippen molar-refractivity contribution >= 4 is 23.5 Å². The Kier molecular flexibility index (Phi) is 6.81. The molecule has 136 valence electrons. The first-order chi connectivity index (χ1) is 12.3. The highest BCUT2D eigenvalue weighted by Gasteiger charge is 2.45. The van der Waals surface area contributed by atoms with Crippen molar-refractivity contribution in [2.75, 3.05) is 18.6 Å². The topological polar surface area (TPSA) is 49.2 Å². The molecule has 0 N–H and O–H groups in total. The molecule has 1 aromatic heterocycles. The molecule has 0 unspecified atom stereocenters. The largest absolute Gasteiger partial charge is 0.355 e. The molecule has 3 rings (SSSR count). The fraction of sp³-hybridized carbons (Fsp3) is 0.556. The Balaban J connectivity index is 1.73. The second-order valence-corrected chi connectivity index (χ2v) is 8.72. The smallest absolute Gasteiger partial charge is 0.170 e. The van der Waals surface area contributed by atoms with Gasteiger partial charge in [0.05, 0.1) is 24.1 Å². The standard InChI is InChI=1S/C18H25N3O2S2/c1-4-24-16-15(23-18(22-3)17(16)25-5-2)12-21-11-14(19-20-21)13-9-7-6-8-10-13/h6-11,15-18H,4-5,12H2,1-3H3/t15-,16-,17-,18-/m1/s1.